The maximum Gasteiger partial charge on any atom is 0.269 e. The van der Waals surface area contributed by atoms with Crippen LogP contribution in [0.2, 0.25) is 0 Å². The lowest BCUT2D eigenvalue weighted by Crippen LogP contribution is -1.93. The number of non-ortho nitro benzene ring substituents is 1. The van der Waals surface area contributed by atoms with Crippen LogP contribution in [-0.2, 0) is 6.61 Å². The number of aliphatic hydroxyl groups is 1. The molecule has 1 N–H and O–H groups in total. The first-order valence-corrected chi connectivity index (χ1v) is 6.33. The second kappa shape index (κ2) is 5.41. The molecule has 0 spiro atoms. The van der Waals surface area contributed by atoms with Crippen molar-refractivity contribution in [3.05, 3.63) is 45.3 Å². The number of hydrogen-bond donors (Lipinski definition) is 1. The Morgan fingerprint density at radius 3 is 2.74 bits per heavy atom. The highest BCUT2D eigenvalue weighted by Gasteiger charge is 2.14. The molecular formula is C12H12N2O4S. The van der Waals surface area contributed by atoms with Crippen molar-refractivity contribution >= 4 is 17.4 Å². The van der Waals surface area contributed by atoms with Crippen molar-refractivity contribution in [2.75, 3.05) is 0 Å². The minimum Gasteiger partial charge on any atom is -0.436 e. The molecule has 6 nitrogen and oxygen atoms in total. The van der Waals surface area contributed by atoms with E-state index in [2.05, 4.69) is 4.98 Å². The number of aromatic nitrogens is 1. The van der Waals surface area contributed by atoms with E-state index in [9.17, 15) is 15.2 Å². The van der Waals surface area contributed by atoms with E-state index >= 15 is 0 Å². The molecule has 0 aliphatic carbocycles. The van der Waals surface area contributed by atoms with Gasteiger partial charge < -0.3 is 9.52 Å². The minimum absolute atomic E-state index is 0.0480. The largest absolute Gasteiger partial charge is 0.436 e. The Labute approximate surface area is 113 Å². The van der Waals surface area contributed by atoms with Crippen LogP contribution in [0.15, 0.2) is 32.7 Å². The quantitative estimate of drug-likeness (QED) is 0.684. The Morgan fingerprint density at radius 1 is 1.47 bits per heavy atom. The van der Waals surface area contributed by atoms with Gasteiger partial charge in [0.2, 0.25) is 0 Å². The third kappa shape index (κ3) is 2.94. The van der Waals surface area contributed by atoms with Crippen LogP contribution in [0.5, 0.6) is 0 Å². The maximum absolute atomic E-state index is 10.7. The molecule has 0 radical (unpaired) electrons. The Bertz CT molecular complexity index is 605. The molecule has 0 atom stereocenters. The summed E-state index contributed by atoms with van der Waals surface area (Å²) in [6.45, 7) is 3.38. The van der Waals surface area contributed by atoms with Gasteiger partial charge in [-0.2, -0.15) is 0 Å². The third-order valence-electron chi connectivity index (χ3n) is 2.63. The number of hydrogen-bond acceptors (Lipinski definition) is 6. The second-order valence-electron chi connectivity index (χ2n) is 3.93. The predicted molar refractivity (Wildman–Crippen MR) is 69.1 cm³/mol. The molecule has 2 rings (SSSR count). The van der Waals surface area contributed by atoms with Crippen LogP contribution in [0.25, 0.3) is 0 Å². The molecule has 0 aliphatic rings. The number of nitrogens with zero attached hydrogens (tertiary/aromatic N) is 2. The van der Waals surface area contributed by atoms with Gasteiger partial charge in [0.1, 0.15) is 5.76 Å². The van der Waals surface area contributed by atoms with Gasteiger partial charge in [0.05, 0.1) is 17.2 Å². The highest BCUT2D eigenvalue weighted by molar-refractivity contribution is 7.99. The van der Waals surface area contributed by atoms with E-state index in [4.69, 9.17) is 4.42 Å². The number of benzene rings is 1. The van der Waals surface area contributed by atoms with Crippen molar-refractivity contribution in [3.8, 4) is 0 Å². The molecule has 19 heavy (non-hydrogen) atoms. The SMILES string of the molecule is Cc1nc(Sc2ccc([N+](=O)[O-])cc2CO)oc1C. The predicted octanol–water partition coefficient (Wildman–Crippen LogP) is 2.84. The Kier molecular flexibility index (Phi) is 3.87. The number of nitro benzene ring substituents is 1. The van der Waals surface area contributed by atoms with E-state index in [1.54, 1.807) is 6.07 Å². The van der Waals surface area contributed by atoms with E-state index in [1.165, 1.54) is 23.9 Å². The highest BCUT2D eigenvalue weighted by atomic mass is 32.2. The number of aryl methyl sites for hydroxylation is 2. The van der Waals surface area contributed by atoms with Gasteiger partial charge in [0, 0.05) is 17.0 Å². The molecule has 0 saturated carbocycles. The molecule has 0 fully saturated rings. The molecule has 0 unspecified atom stereocenters. The van der Waals surface area contributed by atoms with Gasteiger partial charge in [0.15, 0.2) is 0 Å². The van der Waals surface area contributed by atoms with Gasteiger partial charge in [-0.15, -0.1) is 0 Å². The summed E-state index contributed by atoms with van der Waals surface area (Å²) in [5, 5.41) is 20.4. The first-order chi connectivity index (χ1) is 9.01. The molecule has 2 aromatic rings. The fourth-order valence-corrected chi connectivity index (χ4v) is 2.41. The zero-order valence-electron chi connectivity index (χ0n) is 10.4. The van der Waals surface area contributed by atoms with E-state index in [-0.39, 0.29) is 12.3 Å². The lowest BCUT2D eigenvalue weighted by atomic mass is 10.2. The van der Waals surface area contributed by atoms with Crippen molar-refractivity contribution in [1.82, 2.24) is 4.98 Å². The standard InChI is InChI=1S/C12H12N2O4S/c1-7-8(2)18-12(13-7)19-11-4-3-10(14(16)17)5-9(11)6-15/h3-5,15H,6H2,1-2H3. The van der Waals surface area contributed by atoms with Crippen LogP contribution in [-0.4, -0.2) is 15.0 Å². The maximum atomic E-state index is 10.7. The highest BCUT2D eigenvalue weighted by Crippen LogP contribution is 2.32. The first-order valence-electron chi connectivity index (χ1n) is 5.51. The summed E-state index contributed by atoms with van der Waals surface area (Å²) < 4.78 is 5.43. The summed E-state index contributed by atoms with van der Waals surface area (Å²) in [6.07, 6.45) is 0. The van der Waals surface area contributed by atoms with Crippen LogP contribution in [0, 0.1) is 24.0 Å². The summed E-state index contributed by atoms with van der Waals surface area (Å²) in [4.78, 5) is 15.1. The fraction of sp³-hybridized carbons (Fsp3) is 0.250. The van der Waals surface area contributed by atoms with Gasteiger partial charge >= 0.3 is 0 Å². The molecule has 0 aliphatic heterocycles. The topological polar surface area (TPSA) is 89.4 Å². The average Bonchev–Trinajstić information content (AvgIpc) is 2.68. The van der Waals surface area contributed by atoms with Crippen molar-refractivity contribution in [3.63, 3.8) is 0 Å². The normalized spacial score (nSPS) is 10.7. The summed E-state index contributed by atoms with van der Waals surface area (Å²) in [5.41, 5.74) is 1.23. The lowest BCUT2D eigenvalue weighted by Gasteiger charge is -2.04. The van der Waals surface area contributed by atoms with E-state index in [0.29, 0.717) is 15.7 Å². The van der Waals surface area contributed by atoms with Crippen LogP contribution in [0.1, 0.15) is 17.0 Å². The molecule has 1 heterocycles. The third-order valence-corrected chi connectivity index (χ3v) is 3.60. The smallest absolute Gasteiger partial charge is 0.269 e. The number of rotatable bonds is 4. The van der Waals surface area contributed by atoms with Crippen LogP contribution >= 0.6 is 11.8 Å². The number of oxazole rings is 1. The average molecular weight is 280 g/mol. The van der Waals surface area contributed by atoms with Gasteiger partial charge in [-0.05, 0) is 37.2 Å². The van der Waals surface area contributed by atoms with E-state index < -0.39 is 4.92 Å². The monoisotopic (exact) mass is 280 g/mol. The Balaban J connectivity index is 2.31. The van der Waals surface area contributed by atoms with Gasteiger partial charge in [-0.1, -0.05) is 0 Å². The molecule has 100 valence electrons. The summed E-state index contributed by atoms with van der Waals surface area (Å²) >= 11 is 1.23. The molecule has 0 bridgehead atoms. The van der Waals surface area contributed by atoms with E-state index in [1.807, 2.05) is 13.8 Å². The van der Waals surface area contributed by atoms with Gasteiger partial charge in [-0.3, -0.25) is 10.1 Å². The Hall–Kier alpha value is -1.86. The fourth-order valence-electron chi connectivity index (χ4n) is 1.48. The van der Waals surface area contributed by atoms with Crippen LogP contribution in [0.4, 0.5) is 5.69 Å². The van der Waals surface area contributed by atoms with E-state index in [0.717, 1.165) is 11.5 Å². The zero-order chi connectivity index (χ0) is 14.0. The molecule has 0 saturated heterocycles. The summed E-state index contributed by atoms with van der Waals surface area (Å²) in [5.74, 6) is 0.731. The second-order valence-corrected chi connectivity index (χ2v) is 4.92. The van der Waals surface area contributed by atoms with Crippen molar-refractivity contribution < 1.29 is 14.4 Å². The van der Waals surface area contributed by atoms with Crippen LogP contribution in [0.3, 0.4) is 0 Å². The number of aliphatic hydroxyl groups excluding tert-OH is 1. The summed E-state index contributed by atoms with van der Waals surface area (Å²) in [6, 6.07) is 4.33. The molecule has 0 amide bonds. The molecular weight excluding hydrogens is 268 g/mol. The molecule has 1 aromatic carbocycles. The first kappa shape index (κ1) is 13.6. The number of nitro groups is 1. The Morgan fingerprint density at radius 2 is 2.21 bits per heavy atom. The van der Waals surface area contributed by atoms with Crippen molar-refractivity contribution in [2.45, 2.75) is 30.6 Å². The zero-order valence-corrected chi connectivity index (χ0v) is 11.2. The van der Waals surface area contributed by atoms with Gasteiger partial charge in [0.25, 0.3) is 10.9 Å². The minimum atomic E-state index is -0.493. The lowest BCUT2D eigenvalue weighted by molar-refractivity contribution is -0.385. The van der Waals surface area contributed by atoms with Gasteiger partial charge in [-0.25, -0.2) is 4.98 Å². The van der Waals surface area contributed by atoms with Crippen molar-refractivity contribution in [2.24, 2.45) is 0 Å². The molecule has 1 aromatic heterocycles. The summed E-state index contributed by atoms with van der Waals surface area (Å²) in [7, 11) is 0. The van der Waals surface area contributed by atoms with Crippen LogP contribution < -0.4 is 0 Å². The molecule has 7 heteroatoms. The van der Waals surface area contributed by atoms with Crippen molar-refractivity contribution in [1.29, 1.82) is 0 Å².